The van der Waals surface area contributed by atoms with Crippen LogP contribution >= 0.6 is 23.7 Å². The largest absolute Gasteiger partial charge is 0.494 e. The number of sulfone groups is 1. The van der Waals surface area contributed by atoms with Gasteiger partial charge in [0.15, 0.2) is 15.0 Å². The molecule has 0 unspecified atom stereocenters. The van der Waals surface area contributed by atoms with Gasteiger partial charge in [-0.2, -0.15) is 0 Å². The van der Waals surface area contributed by atoms with E-state index < -0.39 is 9.84 Å². The SMILES string of the molecule is CCOc1ccc2nc(N(CCN3CCOCC3)C(=O)c3ccc(S(C)(=O)=O)cc3)sc2c1.Cl. The molecular formula is C23H28ClN3O5S2. The van der Waals surface area contributed by atoms with Gasteiger partial charge in [0.05, 0.1) is 34.9 Å². The number of amides is 1. The Morgan fingerprint density at radius 2 is 1.88 bits per heavy atom. The van der Waals surface area contributed by atoms with Crippen molar-refractivity contribution in [3.05, 3.63) is 48.0 Å². The fourth-order valence-electron chi connectivity index (χ4n) is 3.62. The molecule has 1 fully saturated rings. The first kappa shape index (κ1) is 26.4. The molecule has 1 aromatic heterocycles. The summed E-state index contributed by atoms with van der Waals surface area (Å²) in [6.45, 7) is 6.67. The average Bonchev–Trinajstić information content (AvgIpc) is 3.22. The quantitative estimate of drug-likeness (QED) is 0.444. The number of ether oxygens (including phenoxy) is 2. The molecule has 184 valence electrons. The minimum Gasteiger partial charge on any atom is -0.494 e. The number of hydrogen-bond donors (Lipinski definition) is 0. The van der Waals surface area contributed by atoms with Gasteiger partial charge in [0.1, 0.15) is 5.75 Å². The Hall–Kier alpha value is -2.24. The van der Waals surface area contributed by atoms with Crippen molar-refractivity contribution in [2.24, 2.45) is 0 Å². The van der Waals surface area contributed by atoms with Crippen LogP contribution in [-0.2, 0) is 14.6 Å². The summed E-state index contributed by atoms with van der Waals surface area (Å²) in [6, 6.07) is 11.8. The van der Waals surface area contributed by atoms with E-state index in [1.54, 1.807) is 17.0 Å². The van der Waals surface area contributed by atoms with Crippen molar-refractivity contribution in [1.82, 2.24) is 9.88 Å². The molecule has 2 aromatic carbocycles. The van der Waals surface area contributed by atoms with Crippen LogP contribution in [0.1, 0.15) is 17.3 Å². The maximum atomic E-state index is 13.5. The molecule has 0 atom stereocenters. The van der Waals surface area contributed by atoms with Crippen LogP contribution in [0.15, 0.2) is 47.4 Å². The molecule has 0 saturated carbocycles. The van der Waals surface area contributed by atoms with Gasteiger partial charge >= 0.3 is 0 Å². The second-order valence-corrected chi connectivity index (χ2v) is 10.8. The molecular weight excluding hydrogens is 498 g/mol. The third-order valence-corrected chi connectivity index (χ3v) is 7.58. The fourth-order valence-corrected chi connectivity index (χ4v) is 5.26. The minimum atomic E-state index is -3.33. The van der Waals surface area contributed by atoms with Crippen LogP contribution in [0.5, 0.6) is 5.75 Å². The molecule has 0 spiro atoms. The smallest absolute Gasteiger partial charge is 0.260 e. The van der Waals surface area contributed by atoms with E-state index in [-0.39, 0.29) is 23.2 Å². The van der Waals surface area contributed by atoms with Gasteiger partial charge in [0, 0.05) is 38.0 Å². The first-order valence-electron chi connectivity index (χ1n) is 10.8. The van der Waals surface area contributed by atoms with Crippen molar-refractivity contribution >= 4 is 54.8 Å². The van der Waals surface area contributed by atoms with E-state index in [9.17, 15) is 13.2 Å². The zero-order chi connectivity index (χ0) is 23.4. The van der Waals surface area contributed by atoms with Gasteiger partial charge in [-0.25, -0.2) is 13.4 Å². The molecule has 1 aliphatic heterocycles. The summed E-state index contributed by atoms with van der Waals surface area (Å²) in [5.74, 6) is 0.551. The number of halogens is 1. The Labute approximate surface area is 209 Å². The summed E-state index contributed by atoms with van der Waals surface area (Å²) < 4.78 is 35.5. The topological polar surface area (TPSA) is 89.0 Å². The predicted octanol–water partition coefficient (Wildman–Crippen LogP) is 3.50. The van der Waals surface area contributed by atoms with E-state index >= 15 is 0 Å². The highest BCUT2D eigenvalue weighted by Crippen LogP contribution is 2.32. The maximum Gasteiger partial charge on any atom is 0.260 e. The molecule has 0 aliphatic carbocycles. The Bertz CT molecular complexity index is 1230. The van der Waals surface area contributed by atoms with Crippen LogP contribution in [-0.4, -0.2) is 76.5 Å². The number of rotatable bonds is 8. The van der Waals surface area contributed by atoms with Crippen molar-refractivity contribution in [3.8, 4) is 5.75 Å². The molecule has 4 rings (SSSR count). The Kier molecular flexibility index (Phi) is 8.89. The molecule has 2 heterocycles. The third-order valence-electron chi connectivity index (χ3n) is 5.41. The molecule has 0 radical (unpaired) electrons. The van der Waals surface area contributed by atoms with Gasteiger partial charge in [-0.1, -0.05) is 11.3 Å². The third kappa shape index (κ3) is 6.25. The van der Waals surface area contributed by atoms with Crippen LogP contribution in [0.3, 0.4) is 0 Å². The molecule has 0 N–H and O–H groups in total. The second-order valence-electron chi connectivity index (χ2n) is 7.77. The van der Waals surface area contributed by atoms with E-state index in [1.165, 1.54) is 23.5 Å². The molecule has 1 aliphatic rings. The van der Waals surface area contributed by atoms with Crippen LogP contribution < -0.4 is 9.64 Å². The van der Waals surface area contributed by atoms with E-state index in [2.05, 4.69) is 4.90 Å². The summed E-state index contributed by atoms with van der Waals surface area (Å²) in [6.07, 6.45) is 1.15. The molecule has 3 aromatic rings. The minimum absolute atomic E-state index is 0. The normalized spacial score (nSPS) is 14.5. The van der Waals surface area contributed by atoms with Crippen LogP contribution in [0.25, 0.3) is 10.2 Å². The number of benzene rings is 2. The van der Waals surface area contributed by atoms with Crippen molar-refractivity contribution in [3.63, 3.8) is 0 Å². The highest BCUT2D eigenvalue weighted by Gasteiger charge is 2.23. The lowest BCUT2D eigenvalue weighted by Gasteiger charge is -2.29. The molecule has 1 amide bonds. The molecule has 8 nitrogen and oxygen atoms in total. The Morgan fingerprint density at radius 3 is 2.53 bits per heavy atom. The summed E-state index contributed by atoms with van der Waals surface area (Å²) in [5.41, 5.74) is 1.22. The van der Waals surface area contributed by atoms with Gasteiger partial charge in [-0.05, 0) is 49.4 Å². The lowest BCUT2D eigenvalue weighted by atomic mass is 10.2. The van der Waals surface area contributed by atoms with Crippen molar-refractivity contribution in [2.75, 3.05) is 57.2 Å². The van der Waals surface area contributed by atoms with E-state index in [1.807, 2.05) is 25.1 Å². The Morgan fingerprint density at radius 1 is 1.18 bits per heavy atom. The highest BCUT2D eigenvalue weighted by atomic mass is 35.5. The second kappa shape index (κ2) is 11.5. The summed E-state index contributed by atoms with van der Waals surface area (Å²) >= 11 is 1.44. The number of morpholine rings is 1. The number of hydrogen-bond acceptors (Lipinski definition) is 8. The van der Waals surface area contributed by atoms with E-state index in [0.29, 0.717) is 43.6 Å². The number of fused-ring (bicyclic) bond motifs is 1. The number of carbonyl (C=O) groups excluding carboxylic acids is 1. The molecule has 11 heteroatoms. The van der Waals surface area contributed by atoms with Crippen molar-refractivity contribution in [1.29, 1.82) is 0 Å². The number of carbonyl (C=O) groups is 1. The highest BCUT2D eigenvalue weighted by molar-refractivity contribution is 7.90. The number of aromatic nitrogens is 1. The fraction of sp³-hybridized carbons (Fsp3) is 0.391. The van der Waals surface area contributed by atoms with Crippen molar-refractivity contribution < 1.29 is 22.7 Å². The predicted molar refractivity (Wildman–Crippen MR) is 137 cm³/mol. The van der Waals surface area contributed by atoms with Crippen LogP contribution in [0.4, 0.5) is 5.13 Å². The standard InChI is InChI=1S/C23H27N3O5S2.ClH/c1-3-31-18-6-9-20-21(16-18)32-23(24-20)26(11-10-25-12-14-30-15-13-25)22(27)17-4-7-19(8-5-17)33(2,28)29;/h4-9,16H,3,10-15H2,1-2H3;1H. The van der Waals surface area contributed by atoms with Gasteiger partial charge in [-0.3, -0.25) is 14.6 Å². The average molecular weight is 526 g/mol. The lowest BCUT2D eigenvalue weighted by molar-refractivity contribution is 0.0391. The van der Waals surface area contributed by atoms with Gasteiger partial charge in [0.2, 0.25) is 0 Å². The Balaban J connectivity index is 0.00000324. The monoisotopic (exact) mass is 525 g/mol. The zero-order valence-corrected chi connectivity index (χ0v) is 21.5. The number of thiazole rings is 1. The van der Waals surface area contributed by atoms with Gasteiger partial charge in [-0.15, -0.1) is 12.4 Å². The summed E-state index contributed by atoms with van der Waals surface area (Å²) in [4.78, 5) is 22.3. The maximum absolute atomic E-state index is 13.5. The summed E-state index contributed by atoms with van der Waals surface area (Å²) in [5, 5.41) is 0.601. The van der Waals surface area contributed by atoms with Gasteiger partial charge in [0.25, 0.3) is 5.91 Å². The molecule has 0 bridgehead atoms. The first-order chi connectivity index (χ1) is 15.8. The number of anilines is 1. The van der Waals surface area contributed by atoms with Crippen LogP contribution in [0.2, 0.25) is 0 Å². The first-order valence-corrected chi connectivity index (χ1v) is 13.5. The van der Waals surface area contributed by atoms with E-state index in [4.69, 9.17) is 14.5 Å². The molecule has 1 saturated heterocycles. The lowest BCUT2D eigenvalue weighted by Crippen LogP contribution is -2.43. The number of nitrogens with zero attached hydrogens (tertiary/aromatic N) is 3. The van der Waals surface area contributed by atoms with Gasteiger partial charge < -0.3 is 9.47 Å². The van der Waals surface area contributed by atoms with Crippen molar-refractivity contribution in [2.45, 2.75) is 11.8 Å². The molecule has 34 heavy (non-hydrogen) atoms. The van der Waals surface area contributed by atoms with Crippen LogP contribution in [0, 0.1) is 0 Å². The summed E-state index contributed by atoms with van der Waals surface area (Å²) in [7, 11) is -3.33. The van der Waals surface area contributed by atoms with E-state index in [0.717, 1.165) is 35.3 Å². The zero-order valence-electron chi connectivity index (χ0n) is 19.1.